The van der Waals surface area contributed by atoms with Crippen molar-refractivity contribution in [2.45, 2.75) is 12.8 Å². The topological polar surface area (TPSA) is 81.5 Å². The van der Waals surface area contributed by atoms with Gasteiger partial charge in [0.05, 0.1) is 5.69 Å². The number of halogens is 2. The van der Waals surface area contributed by atoms with Crippen LogP contribution in [0.1, 0.15) is 12.2 Å². The molecule has 3 aromatic rings. The normalized spacial score (nSPS) is 12.5. The predicted molar refractivity (Wildman–Crippen MR) is 109 cm³/mol. The van der Waals surface area contributed by atoms with Gasteiger partial charge in [0.25, 0.3) is 0 Å². The number of fused-ring (bicyclic) bond motifs is 1. The lowest BCUT2D eigenvalue weighted by atomic mass is 10.2. The highest BCUT2D eigenvalue weighted by molar-refractivity contribution is 5.75. The molecule has 0 atom stereocenters. The molecule has 4 rings (SSSR count). The van der Waals surface area contributed by atoms with Crippen molar-refractivity contribution in [3.05, 3.63) is 53.9 Å². The molecule has 0 bridgehead atoms. The summed E-state index contributed by atoms with van der Waals surface area (Å²) < 4.78 is 39.5. The van der Waals surface area contributed by atoms with E-state index in [1.165, 1.54) is 11.0 Å². The number of aryl methyl sites for hydroxylation is 1. The van der Waals surface area contributed by atoms with Gasteiger partial charge >= 0.3 is 0 Å². The zero-order valence-corrected chi connectivity index (χ0v) is 17.1. The van der Waals surface area contributed by atoms with Gasteiger partial charge in [-0.1, -0.05) is 0 Å². The minimum Gasteiger partial charge on any atom is -0.486 e. The fraction of sp³-hybridized carbons (Fsp3) is 0.286. The number of amides is 1. The number of nitrogens with zero attached hydrogens (tertiary/aromatic N) is 4. The van der Waals surface area contributed by atoms with E-state index in [4.69, 9.17) is 9.47 Å². The van der Waals surface area contributed by atoms with Crippen LogP contribution < -0.4 is 14.8 Å². The molecule has 0 radical (unpaired) electrons. The maximum atomic E-state index is 13.5. The number of aromatic nitrogens is 3. The second-order valence-corrected chi connectivity index (χ2v) is 7.13. The number of ether oxygens (including phenoxy) is 2. The van der Waals surface area contributed by atoms with E-state index >= 15 is 0 Å². The smallest absolute Gasteiger partial charge is 0.247 e. The Hall–Kier alpha value is -3.69. The van der Waals surface area contributed by atoms with Crippen molar-refractivity contribution in [3.63, 3.8) is 0 Å². The molecule has 0 aliphatic carbocycles. The van der Waals surface area contributed by atoms with E-state index in [0.717, 1.165) is 12.1 Å². The fourth-order valence-electron chi connectivity index (χ4n) is 3.08. The molecule has 31 heavy (non-hydrogen) atoms. The van der Waals surface area contributed by atoms with Gasteiger partial charge in [-0.25, -0.2) is 13.5 Å². The van der Waals surface area contributed by atoms with Gasteiger partial charge < -0.3 is 19.7 Å². The van der Waals surface area contributed by atoms with Crippen LogP contribution in [0.2, 0.25) is 0 Å². The third-order valence-corrected chi connectivity index (χ3v) is 4.68. The summed E-state index contributed by atoms with van der Waals surface area (Å²) in [4.78, 5) is 18.0. The summed E-state index contributed by atoms with van der Waals surface area (Å²) in [5.74, 6) is -0.0301. The summed E-state index contributed by atoms with van der Waals surface area (Å²) in [7, 11) is 3.37. The maximum absolute atomic E-state index is 13.5. The molecule has 1 aromatic heterocycles. The molecule has 2 heterocycles. The number of hydrogen-bond acceptors (Lipinski definition) is 6. The van der Waals surface area contributed by atoms with E-state index < -0.39 is 11.6 Å². The largest absolute Gasteiger partial charge is 0.486 e. The zero-order chi connectivity index (χ0) is 22.0. The van der Waals surface area contributed by atoms with Crippen molar-refractivity contribution in [1.82, 2.24) is 19.7 Å². The van der Waals surface area contributed by atoms with E-state index in [1.807, 2.05) is 0 Å². The summed E-state index contributed by atoms with van der Waals surface area (Å²) >= 11 is 0. The minimum atomic E-state index is -0.979. The number of carbonyl (C=O) groups excluding carboxylic acids is 1. The van der Waals surface area contributed by atoms with Crippen LogP contribution in [0.5, 0.6) is 11.5 Å². The molecule has 0 saturated carbocycles. The van der Waals surface area contributed by atoms with Crippen LogP contribution in [-0.4, -0.2) is 52.9 Å². The summed E-state index contributed by atoms with van der Waals surface area (Å²) in [6, 6.07) is 8.80. The van der Waals surface area contributed by atoms with Gasteiger partial charge in [-0.3, -0.25) is 4.79 Å². The van der Waals surface area contributed by atoms with Crippen molar-refractivity contribution in [1.29, 1.82) is 0 Å². The van der Waals surface area contributed by atoms with E-state index in [2.05, 4.69) is 15.4 Å². The van der Waals surface area contributed by atoms with Gasteiger partial charge in [0.2, 0.25) is 11.9 Å². The molecule has 0 fully saturated rings. The van der Waals surface area contributed by atoms with Gasteiger partial charge in [-0.05, 0) is 24.3 Å². The highest BCUT2D eigenvalue weighted by Gasteiger charge is 2.18. The Morgan fingerprint density at radius 1 is 1.10 bits per heavy atom. The highest BCUT2D eigenvalue weighted by Crippen LogP contribution is 2.32. The summed E-state index contributed by atoms with van der Waals surface area (Å²) in [5, 5.41) is 7.33. The summed E-state index contributed by atoms with van der Waals surface area (Å²) in [6.07, 6.45) is 0.568. The quantitative estimate of drug-likeness (QED) is 0.649. The molecule has 10 heteroatoms. The number of nitrogens with one attached hydrogen (secondary N) is 1. The van der Waals surface area contributed by atoms with Gasteiger partial charge in [-0.2, -0.15) is 4.98 Å². The van der Waals surface area contributed by atoms with E-state index in [9.17, 15) is 13.6 Å². The number of hydrogen-bond donors (Lipinski definition) is 1. The van der Waals surface area contributed by atoms with Crippen molar-refractivity contribution >= 4 is 17.5 Å². The van der Waals surface area contributed by atoms with Gasteiger partial charge in [0, 0.05) is 44.8 Å². The SMILES string of the molecule is CN(C)C(=O)CCc1nc(Nc2ccc(F)c(F)c2)nn1-c1ccc2c(c1)OCCO2. The molecular formula is C21H21F2N5O3. The number of benzene rings is 2. The van der Waals surface area contributed by atoms with Crippen molar-refractivity contribution in [2.75, 3.05) is 32.6 Å². The van der Waals surface area contributed by atoms with Crippen LogP contribution in [0, 0.1) is 11.6 Å². The molecule has 162 valence electrons. The van der Waals surface area contributed by atoms with Crippen LogP contribution in [0.15, 0.2) is 36.4 Å². The second kappa shape index (κ2) is 8.58. The molecule has 1 aliphatic heterocycles. The van der Waals surface area contributed by atoms with E-state index in [1.54, 1.807) is 37.0 Å². The molecule has 1 N–H and O–H groups in total. The predicted octanol–water partition coefficient (Wildman–Crippen LogP) is 3.08. The molecule has 0 spiro atoms. The molecular weight excluding hydrogens is 408 g/mol. The average Bonchev–Trinajstić information content (AvgIpc) is 3.16. The third kappa shape index (κ3) is 4.57. The first-order valence-corrected chi connectivity index (χ1v) is 9.69. The minimum absolute atomic E-state index is 0.0492. The number of rotatable bonds is 6. The molecule has 0 unspecified atom stereocenters. The Balaban J connectivity index is 1.66. The Kier molecular flexibility index (Phi) is 5.70. The summed E-state index contributed by atoms with van der Waals surface area (Å²) in [6.45, 7) is 0.927. The molecule has 1 aliphatic rings. The number of anilines is 2. The van der Waals surface area contributed by atoms with Crippen molar-refractivity contribution in [2.24, 2.45) is 0 Å². The summed E-state index contributed by atoms with van der Waals surface area (Å²) in [5.41, 5.74) is 0.969. The number of carbonyl (C=O) groups is 1. The van der Waals surface area contributed by atoms with E-state index in [0.29, 0.717) is 48.3 Å². The Morgan fingerprint density at radius 2 is 1.87 bits per heavy atom. The van der Waals surface area contributed by atoms with Crippen LogP contribution in [-0.2, 0) is 11.2 Å². The van der Waals surface area contributed by atoms with Crippen LogP contribution in [0.4, 0.5) is 20.4 Å². The highest BCUT2D eigenvalue weighted by atomic mass is 19.2. The van der Waals surface area contributed by atoms with Gasteiger partial charge in [-0.15, -0.1) is 5.10 Å². The lowest BCUT2D eigenvalue weighted by Crippen LogP contribution is -2.22. The monoisotopic (exact) mass is 429 g/mol. The molecule has 1 amide bonds. The zero-order valence-electron chi connectivity index (χ0n) is 17.1. The Bertz CT molecular complexity index is 1120. The maximum Gasteiger partial charge on any atom is 0.247 e. The second-order valence-electron chi connectivity index (χ2n) is 7.13. The van der Waals surface area contributed by atoms with Crippen LogP contribution in [0.3, 0.4) is 0 Å². The standard InChI is InChI=1S/C21H21F2N5O3/c1-27(2)20(29)8-7-19-25-21(24-13-3-5-15(22)16(23)11-13)26-28(19)14-4-6-17-18(12-14)31-10-9-30-17/h3-6,11-12H,7-10H2,1-2H3,(H,24,26). The van der Waals surface area contributed by atoms with Gasteiger partial charge in [0.1, 0.15) is 19.0 Å². The average molecular weight is 429 g/mol. The Labute approximate surface area is 177 Å². The first kappa shape index (κ1) is 20.6. The van der Waals surface area contributed by atoms with Crippen LogP contribution >= 0.6 is 0 Å². The molecule has 2 aromatic carbocycles. The lowest BCUT2D eigenvalue weighted by Gasteiger charge is -2.19. The lowest BCUT2D eigenvalue weighted by molar-refractivity contribution is -0.128. The molecule has 0 saturated heterocycles. The molecule has 8 nitrogen and oxygen atoms in total. The van der Waals surface area contributed by atoms with Gasteiger partial charge in [0.15, 0.2) is 23.1 Å². The first-order chi connectivity index (χ1) is 14.9. The van der Waals surface area contributed by atoms with E-state index in [-0.39, 0.29) is 18.3 Å². The first-order valence-electron chi connectivity index (χ1n) is 9.69. The Morgan fingerprint density at radius 3 is 2.61 bits per heavy atom. The fourth-order valence-corrected chi connectivity index (χ4v) is 3.08. The van der Waals surface area contributed by atoms with Crippen molar-refractivity contribution in [3.8, 4) is 17.2 Å². The van der Waals surface area contributed by atoms with Crippen LogP contribution in [0.25, 0.3) is 5.69 Å². The van der Waals surface area contributed by atoms with Crippen molar-refractivity contribution < 1.29 is 23.0 Å². The third-order valence-electron chi connectivity index (χ3n) is 4.68.